The van der Waals surface area contributed by atoms with Crippen LogP contribution in [0.25, 0.3) is 0 Å². The van der Waals surface area contributed by atoms with Crippen LogP contribution < -0.4 is 5.32 Å². The van der Waals surface area contributed by atoms with Gasteiger partial charge in [0.2, 0.25) is 0 Å². The Balaban J connectivity index is 2.37. The second-order valence-electron chi connectivity index (χ2n) is 4.30. The SMILES string of the molecule is CC1CCNC(C)(c2cc(Br)ccc2F)S1. The number of hydrogen-bond acceptors (Lipinski definition) is 2. The van der Waals surface area contributed by atoms with E-state index in [0.29, 0.717) is 5.25 Å². The van der Waals surface area contributed by atoms with Crippen LogP contribution in [0.15, 0.2) is 22.7 Å². The molecule has 1 heterocycles. The Hall–Kier alpha value is -0.0600. The van der Waals surface area contributed by atoms with Crippen LogP contribution in [0, 0.1) is 5.82 Å². The zero-order valence-electron chi connectivity index (χ0n) is 9.39. The lowest BCUT2D eigenvalue weighted by molar-refractivity contribution is 0.462. The van der Waals surface area contributed by atoms with E-state index in [4.69, 9.17) is 0 Å². The molecule has 0 bridgehead atoms. The van der Waals surface area contributed by atoms with E-state index in [1.165, 1.54) is 6.07 Å². The average molecular weight is 304 g/mol. The molecule has 4 heteroatoms. The minimum Gasteiger partial charge on any atom is -0.299 e. The molecule has 1 aliphatic rings. The third-order valence-electron chi connectivity index (χ3n) is 2.89. The van der Waals surface area contributed by atoms with E-state index in [9.17, 15) is 4.39 Å². The van der Waals surface area contributed by atoms with E-state index < -0.39 is 0 Å². The van der Waals surface area contributed by atoms with Crippen LogP contribution in [-0.4, -0.2) is 11.8 Å². The van der Waals surface area contributed by atoms with Crippen LogP contribution in [0.1, 0.15) is 25.8 Å². The molecule has 1 saturated heterocycles. The molecule has 2 rings (SSSR count). The summed E-state index contributed by atoms with van der Waals surface area (Å²) in [4.78, 5) is -0.314. The number of rotatable bonds is 1. The van der Waals surface area contributed by atoms with Gasteiger partial charge < -0.3 is 0 Å². The van der Waals surface area contributed by atoms with E-state index in [-0.39, 0.29) is 10.7 Å². The first-order valence-corrected chi connectivity index (χ1v) is 7.07. The van der Waals surface area contributed by atoms with Crippen LogP contribution in [0.5, 0.6) is 0 Å². The predicted molar refractivity (Wildman–Crippen MR) is 71.1 cm³/mol. The summed E-state index contributed by atoms with van der Waals surface area (Å²) >= 11 is 5.19. The van der Waals surface area contributed by atoms with E-state index in [1.54, 1.807) is 17.8 Å². The summed E-state index contributed by atoms with van der Waals surface area (Å²) in [6.07, 6.45) is 1.13. The van der Waals surface area contributed by atoms with Crippen molar-refractivity contribution in [3.8, 4) is 0 Å². The number of hydrogen-bond donors (Lipinski definition) is 1. The molecule has 1 nitrogen and oxygen atoms in total. The van der Waals surface area contributed by atoms with Gasteiger partial charge in [0.1, 0.15) is 5.82 Å². The van der Waals surface area contributed by atoms with Crippen LogP contribution in [0.2, 0.25) is 0 Å². The Morgan fingerprint density at radius 1 is 1.56 bits per heavy atom. The minimum atomic E-state index is -0.314. The van der Waals surface area contributed by atoms with Gasteiger partial charge in [-0.3, -0.25) is 5.32 Å². The highest BCUT2D eigenvalue weighted by Gasteiger charge is 2.34. The Morgan fingerprint density at radius 2 is 2.31 bits per heavy atom. The molecule has 0 spiro atoms. The molecular weight excluding hydrogens is 289 g/mol. The maximum Gasteiger partial charge on any atom is 0.129 e. The molecule has 0 radical (unpaired) electrons. The summed E-state index contributed by atoms with van der Waals surface area (Å²) in [6.45, 7) is 5.19. The molecule has 0 amide bonds. The fraction of sp³-hybridized carbons (Fsp3) is 0.500. The van der Waals surface area contributed by atoms with Crippen molar-refractivity contribution < 1.29 is 4.39 Å². The highest BCUT2D eigenvalue weighted by atomic mass is 79.9. The van der Waals surface area contributed by atoms with Gasteiger partial charge in [-0.25, -0.2) is 4.39 Å². The summed E-state index contributed by atoms with van der Waals surface area (Å²) in [6, 6.07) is 5.12. The van der Waals surface area contributed by atoms with Crippen molar-refractivity contribution in [1.82, 2.24) is 5.32 Å². The molecule has 1 aromatic rings. The molecule has 0 aliphatic carbocycles. The molecule has 1 aromatic carbocycles. The first-order chi connectivity index (χ1) is 7.51. The molecule has 0 saturated carbocycles. The fourth-order valence-corrected chi connectivity index (χ4v) is 3.91. The predicted octanol–water partition coefficient (Wildman–Crippen LogP) is 3.88. The van der Waals surface area contributed by atoms with Gasteiger partial charge in [0.15, 0.2) is 0 Å². The summed E-state index contributed by atoms with van der Waals surface area (Å²) in [5, 5.41) is 3.97. The average Bonchev–Trinajstić information content (AvgIpc) is 2.21. The van der Waals surface area contributed by atoms with Gasteiger partial charge in [-0.15, -0.1) is 11.8 Å². The molecule has 0 aromatic heterocycles. The molecule has 16 heavy (non-hydrogen) atoms. The topological polar surface area (TPSA) is 12.0 Å². The number of thioether (sulfide) groups is 1. The van der Waals surface area contributed by atoms with Crippen LogP contribution in [-0.2, 0) is 4.87 Å². The van der Waals surface area contributed by atoms with Gasteiger partial charge in [-0.05, 0) is 38.1 Å². The third-order valence-corrected chi connectivity index (χ3v) is 4.86. The lowest BCUT2D eigenvalue weighted by atomic mass is 10.1. The molecular formula is C12H15BrFNS. The van der Waals surface area contributed by atoms with Crippen molar-refractivity contribution in [2.45, 2.75) is 30.4 Å². The zero-order chi connectivity index (χ0) is 11.8. The van der Waals surface area contributed by atoms with Crippen LogP contribution in [0.4, 0.5) is 4.39 Å². The van der Waals surface area contributed by atoms with E-state index in [2.05, 4.69) is 35.1 Å². The van der Waals surface area contributed by atoms with Crippen molar-refractivity contribution in [3.63, 3.8) is 0 Å². The number of nitrogens with one attached hydrogen (secondary N) is 1. The Kier molecular flexibility index (Phi) is 3.62. The Morgan fingerprint density at radius 3 is 3.00 bits per heavy atom. The molecule has 1 fully saturated rings. The van der Waals surface area contributed by atoms with Gasteiger partial charge in [0.05, 0.1) is 4.87 Å². The summed E-state index contributed by atoms with van der Waals surface area (Å²) < 4.78 is 14.8. The second-order valence-corrected chi connectivity index (χ2v) is 7.07. The molecule has 2 unspecified atom stereocenters. The molecule has 1 aliphatic heterocycles. The second kappa shape index (κ2) is 4.67. The summed E-state index contributed by atoms with van der Waals surface area (Å²) in [5.41, 5.74) is 0.735. The van der Waals surface area contributed by atoms with Crippen molar-refractivity contribution in [2.75, 3.05) is 6.54 Å². The normalized spacial score (nSPS) is 30.4. The van der Waals surface area contributed by atoms with Gasteiger partial charge >= 0.3 is 0 Å². The molecule has 1 N–H and O–H groups in total. The van der Waals surface area contributed by atoms with E-state index >= 15 is 0 Å². The van der Waals surface area contributed by atoms with E-state index in [1.807, 2.05) is 6.07 Å². The van der Waals surface area contributed by atoms with Gasteiger partial charge in [-0.2, -0.15) is 0 Å². The lowest BCUT2D eigenvalue weighted by Gasteiger charge is -2.38. The van der Waals surface area contributed by atoms with Gasteiger partial charge in [0.25, 0.3) is 0 Å². The Bertz CT molecular complexity index is 399. The maximum atomic E-state index is 13.9. The van der Waals surface area contributed by atoms with Crippen molar-refractivity contribution in [2.24, 2.45) is 0 Å². The molecule has 88 valence electrons. The zero-order valence-corrected chi connectivity index (χ0v) is 11.8. The highest BCUT2D eigenvalue weighted by Crippen LogP contribution is 2.41. The summed E-state index contributed by atoms with van der Waals surface area (Å²) in [5.74, 6) is -0.139. The lowest BCUT2D eigenvalue weighted by Crippen LogP contribution is -2.43. The fourth-order valence-electron chi connectivity index (χ4n) is 2.04. The number of benzene rings is 1. The van der Waals surface area contributed by atoms with Gasteiger partial charge in [0, 0.05) is 15.3 Å². The monoisotopic (exact) mass is 303 g/mol. The smallest absolute Gasteiger partial charge is 0.129 e. The first kappa shape index (κ1) is 12.4. The number of halogens is 2. The quantitative estimate of drug-likeness (QED) is 0.845. The van der Waals surface area contributed by atoms with Crippen LogP contribution >= 0.6 is 27.7 Å². The van der Waals surface area contributed by atoms with Crippen LogP contribution in [0.3, 0.4) is 0 Å². The Labute approximate surface area is 108 Å². The third kappa shape index (κ3) is 2.44. The van der Waals surface area contributed by atoms with Crippen molar-refractivity contribution >= 4 is 27.7 Å². The van der Waals surface area contributed by atoms with Gasteiger partial charge in [-0.1, -0.05) is 22.9 Å². The maximum absolute atomic E-state index is 13.9. The van der Waals surface area contributed by atoms with Crippen molar-refractivity contribution in [3.05, 3.63) is 34.1 Å². The largest absolute Gasteiger partial charge is 0.299 e. The van der Waals surface area contributed by atoms with E-state index in [0.717, 1.165) is 23.0 Å². The highest BCUT2D eigenvalue weighted by molar-refractivity contribution is 9.10. The minimum absolute atomic E-state index is 0.139. The molecule has 2 atom stereocenters. The first-order valence-electron chi connectivity index (χ1n) is 5.39. The van der Waals surface area contributed by atoms with Crippen molar-refractivity contribution in [1.29, 1.82) is 0 Å². The standard InChI is InChI=1S/C12H15BrFNS/c1-8-5-6-15-12(2,16-8)10-7-9(13)3-4-11(10)14/h3-4,7-8,15H,5-6H2,1-2H3. The summed E-state index contributed by atoms with van der Waals surface area (Å²) in [7, 11) is 0.